The lowest BCUT2D eigenvalue weighted by molar-refractivity contribution is -0.158. The number of carboxylic acids is 1. The molecule has 0 radical (unpaired) electrons. The zero-order valence-corrected chi connectivity index (χ0v) is 13.7. The molecule has 0 saturated heterocycles. The Bertz CT molecular complexity index is 598. The van der Waals surface area contributed by atoms with Crippen molar-refractivity contribution in [2.75, 3.05) is 0 Å². The van der Waals surface area contributed by atoms with Gasteiger partial charge >= 0.3 is 5.97 Å². The van der Waals surface area contributed by atoms with E-state index in [1.807, 2.05) is 13.2 Å². The first-order valence-corrected chi connectivity index (χ1v) is 8.57. The third-order valence-electron chi connectivity index (χ3n) is 5.61. The van der Waals surface area contributed by atoms with E-state index >= 15 is 0 Å². The first kappa shape index (κ1) is 16.0. The molecule has 6 nitrogen and oxygen atoms in total. The van der Waals surface area contributed by atoms with E-state index in [4.69, 9.17) is 0 Å². The van der Waals surface area contributed by atoms with Crippen LogP contribution in [0.5, 0.6) is 0 Å². The molecule has 0 spiro atoms. The smallest absolute Gasteiger partial charge is 0.319 e. The Labute approximate surface area is 136 Å². The number of carbonyl (C=O) groups excluding carboxylic acids is 1. The van der Waals surface area contributed by atoms with Gasteiger partial charge in [0.1, 0.15) is 5.41 Å². The average Bonchev–Trinajstić information content (AvgIpc) is 2.84. The summed E-state index contributed by atoms with van der Waals surface area (Å²) in [4.78, 5) is 24.3. The highest BCUT2D eigenvalue weighted by atomic mass is 16.4. The zero-order valence-electron chi connectivity index (χ0n) is 13.7. The van der Waals surface area contributed by atoms with E-state index in [-0.39, 0.29) is 5.91 Å². The van der Waals surface area contributed by atoms with Gasteiger partial charge in [-0.15, -0.1) is 0 Å². The summed E-state index contributed by atoms with van der Waals surface area (Å²) in [6.45, 7) is 0.357. The molecule has 0 atom stereocenters. The number of aliphatic carboxylic acids is 1. The monoisotopic (exact) mass is 319 g/mol. The van der Waals surface area contributed by atoms with Gasteiger partial charge in [-0.25, -0.2) is 0 Å². The number of rotatable bonds is 5. The lowest BCUT2D eigenvalue weighted by atomic mass is 9.73. The van der Waals surface area contributed by atoms with Gasteiger partial charge in [0, 0.05) is 7.05 Å². The maximum atomic E-state index is 12.6. The van der Waals surface area contributed by atoms with Crippen molar-refractivity contribution in [2.24, 2.45) is 12.5 Å². The number of aryl methyl sites for hydroxylation is 1. The van der Waals surface area contributed by atoms with E-state index in [1.165, 1.54) is 24.8 Å². The molecule has 1 aromatic heterocycles. The van der Waals surface area contributed by atoms with Gasteiger partial charge in [0.05, 0.1) is 18.4 Å². The Morgan fingerprint density at radius 2 is 2.00 bits per heavy atom. The molecule has 2 saturated carbocycles. The number of carboxylic acid groups (broad SMARTS) is 1. The third kappa shape index (κ3) is 2.86. The topological polar surface area (TPSA) is 84.2 Å². The van der Waals surface area contributed by atoms with Gasteiger partial charge in [0.25, 0.3) is 0 Å². The predicted molar refractivity (Wildman–Crippen MR) is 84.8 cm³/mol. The molecule has 2 fully saturated rings. The van der Waals surface area contributed by atoms with Crippen LogP contribution in [0.25, 0.3) is 0 Å². The summed E-state index contributed by atoms with van der Waals surface area (Å²) in [6.07, 6.45) is 8.97. The summed E-state index contributed by atoms with van der Waals surface area (Å²) in [5, 5.41) is 16.8. The van der Waals surface area contributed by atoms with Crippen LogP contribution in [-0.2, 0) is 23.2 Å². The number of amides is 1. The first-order valence-electron chi connectivity index (χ1n) is 8.57. The van der Waals surface area contributed by atoms with Crippen LogP contribution < -0.4 is 5.32 Å². The van der Waals surface area contributed by atoms with E-state index in [0.29, 0.717) is 25.3 Å². The molecule has 2 aliphatic carbocycles. The highest BCUT2D eigenvalue weighted by molar-refractivity contribution is 6.01. The lowest BCUT2D eigenvalue weighted by Crippen LogP contribution is -2.47. The molecule has 0 unspecified atom stereocenters. The lowest BCUT2D eigenvalue weighted by Gasteiger charge is -2.32. The van der Waals surface area contributed by atoms with Crippen LogP contribution in [0.1, 0.15) is 68.5 Å². The maximum absolute atomic E-state index is 12.6. The number of nitrogens with zero attached hydrogens (tertiary/aromatic N) is 2. The highest BCUT2D eigenvalue weighted by Crippen LogP contribution is 2.39. The summed E-state index contributed by atoms with van der Waals surface area (Å²) >= 11 is 0. The number of hydrogen-bond acceptors (Lipinski definition) is 3. The molecule has 126 valence electrons. The Kier molecular flexibility index (Phi) is 4.41. The van der Waals surface area contributed by atoms with Crippen LogP contribution >= 0.6 is 0 Å². The number of carbonyl (C=O) groups is 2. The average molecular weight is 319 g/mol. The van der Waals surface area contributed by atoms with Gasteiger partial charge in [-0.3, -0.25) is 14.3 Å². The van der Waals surface area contributed by atoms with E-state index in [2.05, 4.69) is 10.4 Å². The van der Waals surface area contributed by atoms with Crippen molar-refractivity contribution in [3.05, 3.63) is 17.5 Å². The van der Waals surface area contributed by atoms with Crippen LogP contribution in [0, 0.1) is 5.41 Å². The molecule has 1 amide bonds. The summed E-state index contributed by atoms with van der Waals surface area (Å²) < 4.78 is 1.79. The first-order chi connectivity index (χ1) is 11.0. The minimum atomic E-state index is -1.24. The summed E-state index contributed by atoms with van der Waals surface area (Å²) in [6, 6.07) is 0. The fourth-order valence-electron chi connectivity index (χ4n) is 3.78. The molecule has 2 N–H and O–H groups in total. The van der Waals surface area contributed by atoms with E-state index in [0.717, 1.165) is 25.0 Å². The van der Waals surface area contributed by atoms with Crippen LogP contribution in [0.3, 0.4) is 0 Å². The summed E-state index contributed by atoms with van der Waals surface area (Å²) in [5.41, 5.74) is 0.958. The fourth-order valence-corrected chi connectivity index (χ4v) is 3.78. The Hall–Kier alpha value is -1.85. The van der Waals surface area contributed by atoms with Crippen molar-refractivity contribution in [1.82, 2.24) is 15.1 Å². The van der Waals surface area contributed by atoms with E-state index < -0.39 is 11.4 Å². The molecule has 6 heteroatoms. The second-order valence-electron chi connectivity index (χ2n) is 6.93. The summed E-state index contributed by atoms with van der Waals surface area (Å²) in [5.74, 6) is -0.789. The highest BCUT2D eigenvalue weighted by Gasteiger charge is 2.46. The Morgan fingerprint density at radius 3 is 2.57 bits per heavy atom. The Morgan fingerprint density at radius 1 is 1.30 bits per heavy atom. The predicted octanol–water partition coefficient (Wildman–Crippen LogP) is 2.34. The summed E-state index contributed by atoms with van der Waals surface area (Å²) in [7, 11) is 1.87. The molecular weight excluding hydrogens is 294 g/mol. The van der Waals surface area contributed by atoms with Crippen LogP contribution in [0.2, 0.25) is 0 Å². The van der Waals surface area contributed by atoms with Gasteiger partial charge < -0.3 is 10.4 Å². The zero-order chi connectivity index (χ0) is 16.4. The number of aromatic nitrogens is 2. The van der Waals surface area contributed by atoms with Gasteiger partial charge in [-0.05, 0) is 37.2 Å². The molecule has 0 aliphatic heterocycles. The van der Waals surface area contributed by atoms with Crippen molar-refractivity contribution in [2.45, 2.75) is 63.8 Å². The second-order valence-corrected chi connectivity index (χ2v) is 6.93. The van der Waals surface area contributed by atoms with Crippen molar-refractivity contribution in [3.63, 3.8) is 0 Å². The molecule has 23 heavy (non-hydrogen) atoms. The fraction of sp³-hybridized carbons (Fsp3) is 0.706. The molecule has 1 heterocycles. The van der Waals surface area contributed by atoms with Gasteiger partial charge in [-0.2, -0.15) is 5.10 Å². The minimum absolute atomic E-state index is 0.342. The van der Waals surface area contributed by atoms with Crippen LogP contribution in [-0.4, -0.2) is 26.8 Å². The largest absolute Gasteiger partial charge is 0.480 e. The standard InChI is InChI=1S/C17H25N3O3/c1-20-14(13(10-19-20)12-6-5-7-12)11-18-15(21)17(16(22)23)8-3-2-4-9-17/h10,12H,2-9,11H2,1H3,(H,18,21)(H,22,23). The maximum Gasteiger partial charge on any atom is 0.319 e. The van der Waals surface area contributed by atoms with Crippen molar-refractivity contribution >= 4 is 11.9 Å². The van der Waals surface area contributed by atoms with E-state index in [9.17, 15) is 14.7 Å². The third-order valence-corrected chi connectivity index (χ3v) is 5.61. The van der Waals surface area contributed by atoms with Crippen molar-refractivity contribution in [3.8, 4) is 0 Å². The molecule has 1 aromatic rings. The van der Waals surface area contributed by atoms with E-state index in [1.54, 1.807) is 4.68 Å². The number of hydrogen-bond donors (Lipinski definition) is 2. The normalized spacial score (nSPS) is 20.7. The van der Waals surface area contributed by atoms with Gasteiger partial charge in [0.2, 0.25) is 5.91 Å². The number of nitrogens with one attached hydrogen (secondary N) is 1. The molecule has 3 rings (SSSR count). The SMILES string of the molecule is Cn1ncc(C2CCC2)c1CNC(=O)C1(C(=O)O)CCCCC1. The van der Waals surface area contributed by atoms with Gasteiger partial charge in [-0.1, -0.05) is 25.7 Å². The van der Waals surface area contributed by atoms with Crippen LogP contribution in [0.4, 0.5) is 0 Å². The van der Waals surface area contributed by atoms with Crippen LogP contribution in [0.15, 0.2) is 6.20 Å². The second kappa shape index (κ2) is 6.34. The molecular formula is C17H25N3O3. The molecule has 0 aromatic carbocycles. The Balaban J connectivity index is 1.71. The van der Waals surface area contributed by atoms with Gasteiger partial charge in [0.15, 0.2) is 0 Å². The van der Waals surface area contributed by atoms with Crippen molar-refractivity contribution in [1.29, 1.82) is 0 Å². The minimum Gasteiger partial charge on any atom is -0.480 e. The molecule has 2 aliphatic rings. The quantitative estimate of drug-likeness (QED) is 0.816. The van der Waals surface area contributed by atoms with Crippen molar-refractivity contribution < 1.29 is 14.7 Å². The molecule has 0 bridgehead atoms.